The summed E-state index contributed by atoms with van der Waals surface area (Å²) in [5, 5.41) is 15.2. The summed E-state index contributed by atoms with van der Waals surface area (Å²) in [4.78, 5) is 55.7. The summed E-state index contributed by atoms with van der Waals surface area (Å²) in [6.07, 6.45) is 1.50. The van der Waals surface area contributed by atoms with Crippen LogP contribution in [0.4, 0.5) is 0 Å². The largest absolute Gasteiger partial charge is 0.491 e. The molecule has 2 aliphatic rings. The van der Waals surface area contributed by atoms with Crippen LogP contribution < -0.4 is 15.4 Å². The number of fused-ring (bicyclic) bond motifs is 1. The van der Waals surface area contributed by atoms with Gasteiger partial charge in [0.15, 0.2) is 0 Å². The number of likely N-dealkylation sites (tertiary alicyclic amines) is 1. The molecule has 10 nitrogen and oxygen atoms in total. The lowest BCUT2D eigenvalue weighted by molar-refractivity contribution is -0.138. The van der Waals surface area contributed by atoms with Crippen LogP contribution in [0.25, 0.3) is 0 Å². The molecule has 3 atom stereocenters. The maximum atomic E-state index is 13.4. The zero-order chi connectivity index (χ0) is 25.5. The van der Waals surface area contributed by atoms with E-state index in [4.69, 9.17) is 4.74 Å². The Balaban J connectivity index is 1.93. The van der Waals surface area contributed by atoms with Crippen LogP contribution in [0.3, 0.4) is 0 Å². The van der Waals surface area contributed by atoms with Gasteiger partial charge in [0.2, 0.25) is 17.7 Å². The zero-order valence-corrected chi connectivity index (χ0v) is 20.7. The minimum Gasteiger partial charge on any atom is -0.491 e. The second-order valence-corrected chi connectivity index (χ2v) is 9.59. The summed E-state index contributed by atoms with van der Waals surface area (Å²) in [5.41, 5.74) is 0.231. The number of para-hydroxylation sites is 1. The Labute approximate surface area is 206 Å². The topological polar surface area (TPSA) is 128 Å². The SMILES string of the molecule is CC(C)C[C@@H]1NC(=O)C[C@@H](C(=O)N2CCC[C@H]2CO)NC(=O)c2ccccc2OCCN(C)C1=O. The van der Waals surface area contributed by atoms with E-state index in [9.17, 15) is 24.3 Å². The van der Waals surface area contributed by atoms with Gasteiger partial charge in [-0.25, -0.2) is 0 Å². The molecular formula is C25H36N4O6. The molecule has 35 heavy (non-hydrogen) atoms. The molecule has 2 aliphatic heterocycles. The number of hydrogen-bond donors (Lipinski definition) is 3. The van der Waals surface area contributed by atoms with Crippen molar-refractivity contribution < 1.29 is 29.0 Å². The lowest BCUT2D eigenvalue weighted by atomic mass is 10.0. The van der Waals surface area contributed by atoms with Crippen molar-refractivity contribution in [1.29, 1.82) is 0 Å². The first-order valence-electron chi connectivity index (χ1n) is 12.2. The van der Waals surface area contributed by atoms with Gasteiger partial charge in [0.25, 0.3) is 5.91 Å². The predicted octanol–water partition coefficient (Wildman–Crippen LogP) is 0.540. The van der Waals surface area contributed by atoms with Crippen LogP contribution >= 0.6 is 0 Å². The van der Waals surface area contributed by atoms with Crippen LogP contribution in [0.15, 0.2) is 24.3 Å². The van der Waals surface area contributed by atoms with Crippen LogP contribution in [-0.4, -0.2) is 90.0 Å². The van der Waals surface area contributed by atoms with E-state index in [1.807, 2.05) is 13.8 Å². The number of carbonyl (C=O) groups excluding carboxylic acids is 4. The molecule has 1 fully saturated rings. The number of likely N-dealkylation sites (N-methyl/N-ethyl adjacent to an activating group) is 1. The first-order chi connectivity index (χ1) is 16.7. The Morgan fingerprint density at radius 3 is 2.63 bits per heavy atom. The average molecular weight is 489 g/mol. The van der Waals surface area contributed by atoms with Crippen LogP contribution in [0.5, 0.6) is 5.75 Å². The molecule has 1 aromatic rings. The molecule has 10 heteroatoms. The van der Waals surface area contributed by atoms with Gasteiger partial charge in [-0.2, -0.15) is 0 Å². The van der Waals surface area contributed by atoms with E-state index in [2.05, 4.69) is 10.6 Å². The number of amides is 4. The quantitative estimate of drug-likeness (QED) is 0.568. The van der Waals surface area contributed by atoms with E-state index < -0.39 is 29.8 Å². The number of hydrogen-bond acceptors (Lipinski definition) is 6. The third kappa shape index (κ3) is 6.72. The highest BCUT2D eigenvalue weighted by molar-refractivity contribution is 6.01. The summed E-state index contributed by atoms with van der Waals surface area (Å²) < 4.78 is 5.82. The standard InChI is InChI=1S/C25H36N4O6/c1-16(2)13-19-24(33)28(3)11-12-35-21-9-5-4-8-18(21)23(32)27-20(14-22(31)26-19)25(34)29-10-6-7-17(29)15-30/h4-5,8-9,16-17,19-20,30H,6-7,10-15H2,1-3H3,(H,26,31)(H,27,32)/t17-,19-,20-/m0/s1. The first-order valence-corrected chi connectivity index (χ1v) is 12.2. The highest BCUT2D eigenvalue weighted by atomic mass is 16.5. The fourth-order valence-corrected chi connectivity index (χ4v) is 4.53. The van der Waals surface area contributed by atoms with Crippen molar-refractivity contribution in [2.45, 2.75) is 57.7 Å². The van der Waals surface area contributed by atoms with E-state index in [-0.39, 0.29) is 49.6 Å². The number of nitrogens with zero attached hydrogens (tertiary/aromatic N) is 2. The fourth-order valence-electron chi connectivity index (χ4n) is 4.53. The summed E-state index contributed by atoms with van der Waals surface area (Å²) in [6, 6.07) is 4.38. The van der Waals surface area contributed by atoms with Crippen molar-refractivity contribution in [2.24, 2.45) is 5.92 Å². The molecule has 192 valence electrons. The number of aliphatic hydroxyl groups is 1. The molecule has 1 aromatic carbocycles. The maximum absolute atomic E-state index is 13.4. The monoisotopic (exact) mass is 488 g/mol. The molecule has 0 unspecified atom stereocenters. The summed E-state index contributed by atoms with van der Waals surface area (Å²) in [7, 11) is 1.64. The highest BCUT2D eigenvalue weighted by Crippen LogP contribution is 2.21. The number of aliphatic hydroxyl groups excluding tert-OH is 1. The van der Waals surface area contributed by atoms with Gasteiger partial charge in [0.1, 0.15) is 24.4 Å². The Hall–Kier alpha value is -3.14. The molecule has 3 rings (SSSR count). The Kier molecular flexibility index (Phi) is 9.08. The number of carbonyl (C=O) groups is 4. The number of nitrogens with one attached hydrogen (secondary N) is 2. The Morgan fingerprint density at radius 2 is 1.91 bits per heavy atom. The van der Waals surface area contributed by atoms with Gasteiger partial charge in [-0.3, -0.25) is 19.2 Å². The molecule has 3 N–H and O–H groups in total. The molecular weight excluding hydrogens is 452 g/mol. The molecule has 0 radical (unpaired) electrons. The smallest absolute Gasteiger partial charge is 0.255 e. The molecule has 0 aliphatic carbocycles. The molecule has 4 amide bonds. The second-order valence-electron chi connectivity index (χ2n) is 9.59. The number of benzene rings is 1. The molecule has 0 bridgehead atoms. The third-order valence-electron chi connectivity index (χ3n) is 6.40. The van der Waals surface area contributed by atoms with Gasteiger partial charge in [-0.1, -0.05) is 26.0 Å². The van der Waals surface area contributed by atoms with Crippen molar-refractivity contribution in [3.63, 3.8) is 0 Å². The van der Waals surface area contributed by atoms with Crippen LogP contribution in [0.2, 0.25) is 0 Å². The zero-order valence-electron chi connectivity index (χ0n) is 20.7. The average Bonchev–Trinajstić information content (AvgIpc) is 3.30. The van der Waals surface area contributed by atoms with Crippen molar-refractivity contribution >= 4 is 23.6 Å². The molecule has 2 heterocycles. The fraction of sp³-hybridized carbons (Fsp3) is 0.600. The van der Waals surface area contributed by atoms with Crippen LogP contribution in [0.1, 0.15) is 49.9 Å². The van der Waals surface area contributed by atoms with Crippen molar-refractivity contribution in [3.8, 4) is 5.75 Å². The Bertz CT molecular complexity index is 936. The van der Waals surface area contributed by atoms with Gasteiger partial charge in [0, 0.05) is 13.6 Å². The van der Waals surface area contributed by atoms with E-state index in [0.717, 1.165) is 6.42 Å². The molecule has 0 spiro atoms. The van der Waals surface area contributed by atoms with Gasteiger partial charge in [-0.05, 0) is 37.3 Å². The summed E-state index contributed by atoms with van der Waals surface area (Å²) >= 11 is 0. The van der Waals surface area contributed by atoms with Gasteiger partial charge in [-0.15, -0.1) is 0 Å². The van der Waals surface area contributed by atoms with Gasteiger partial charge in [0.05, 0.1) is 31.2 Å². The number of ether oxygens (including phenoxy) is 1. The van der Waals surface area contributed by atoms with Gasteiger partial charge >= 0.3 is 0 Å². The maximum Gasteiger partial charge on any atom is 0.255 e. The minimum atomic E-state index is -1.15. The third-order valence-corrected chi connectivity index (χ3v) is 6.40. The van der Waals surface area contributed by atoms with Crippen LogP contribution in [-0.2, 0) is 14.4 Å². The van der Waals surface area contributed by atoms with Crippen molar-refractivity contribution in [1.82, 2.24) is 20.4 Å². The molecule has 0 saturated carbocycles. The lowest BCUT2D eigenvalue weighted by Crippen LogP contribution is -2.54. The van der Waals surface area contributed by atoms with E-state index in [1.165, 1.54) is 9.80 Å². The van der Waals surface area contributed by atoms with Gasteiger partial charge < -0.3 is 30.3 Å². The Morgan fingerprint density at radius 1 is 1.17 bits per heavy atom. The van der Waals surface area contributed by atoms with E-state index >= 15 is 0 Å². The second kappa shape index (κ2) is 12.0. The number of rotatable bonds is 4. The minimum absolute atomic E-state index is 0.145. The predicted molar refractivity (Wildman–Crippen MR) is 129 cm³/mol. The molecule has 1 saturated heterocycles. The van der Waals surface area contributed by atoms with E-state index in [0.29, 0.717) is 25.1 Å². The van der Waals surface area contributed by atoms with Crippen molar-refractivity contribution in [2.75, 3.05) is 33.4 Å². The highest BCUT2D eigenvalue weighted by Gasteiger charge is 2.36. The summed E-state index contributed by atoms with van der Waals surface area (Å²) in [6.45, 7) is 4.60. The van der Waals surface area contributed by atoms with E-state index in [1.54, 1.807) is 31.3 Å². The summed E-state index contributed by atoms with van der Waals surface area (Å²) in [5.74, 6) is -1.24. The van der Waals surface area contributed by atoms with Crippen LogP contribution in [0, 0.1) is 5.92 Å². The lowest BCUT2D eigenvalue weighted by Gasteiger charge is -2.30. The van der Waals surface area contributed by atoms with Crippen molar-refractivity contribution in [3.05, 3.63) is 29.8 Å². The normalized spacial score (nSPS) is 24.4. The first kappa shape index (κ1) is 26.5. The molecule has 0 aromatic heterocycles.